The van der Waals surface area contributed by atoms with Crippen LogP contribution in [0.2, 0.25) is 0 Å². The van der Waals surface area contributed by atoms with Crippen LogP contribution in [0.1, 0.15) is 59.3 Å². The maximum absolute atomic E-state index is 3.84. The van der Waals surface area contributed by atoms with Gasteiger partial charge in [0.2, 0.25) is 0 Å². The Morgan fingerprint density at radius 3 is 2.22 bits per heavy atom. The molecule has 1 N–H and O–H groups in total. The number of piperidine rings is 1. The SMILES string of the molecule is CC1CC(C)CC(NCC(C)N2CCCCC2)C1. The van der Waals surface area contributed by atoms with Gasteiger partial charge in [0.05, 0.1) is 0 Å². The lowest BCUT2D eigenvalue weighted by atomic mass is 9.80. The first-order valence-electron chi connectivity index (χ1n) is 8.12. The average Bonchev–Trinajstić information content (AvgIpc) is 2.36. The molecule has 1 aliphatic carbocycles. The second-order valence-corrected chi connectivity index (χ2v) is 6.97. The van der Waals surface area contributed by atoms with E-state index in [1.165, 1.54) is 58.2 Å². The van der Waals surface area contributed by atoms with Gasteiger partial charge in [-0.25, -0.2) is 0 Å². The zero-order chi connectivity index (χ0) is 13.0. The van der Waals surface area contributed by atoms with E-state index in [1.54, 1.807) is 0 Å². The summed E-state index contributed by atoms with van der Waals surface area (Å²) in [5, 5.41) is 3.84. The van der Waals surface area contributed by atoms with Gasteiger partial charge < -0.3 is 5.32 Å². The van der Waals surface area contributed by atoms with E-state index in [2.05, 4.69) is 31.0 Å². The summed E-state index contributed by atoms with van der Waals surface area (Å²) < 4.78 is 0. The smallest absolute Gasteiger partial charge is 0.0192 e. The molecular weight excluding hydrogens is 220 g/mol. The minimum absolute atomic E-state index is 0.720. The lowest BCUT2D eigenvalue weighted by Crippen LogP contribution is -2.46. The summed E-state index contributed by atoms with van der Waals surface area (Å²) in [6, 6.07) is 1.49. The van der Waals surface area contributed by atoms with Gasteiger partial charge in [-0.1, -0.05) is 20.3 Å². The van der Waals surface area contributed by atoms with Crippen LogP contribution >= 0.6 is 0 Å². The fourth-order valence-corrected chi connectivity index (χ4v) is 3.94. The summed E-state index contributed by atoms with van der Waals surface area (Å²) in [6.07, 6.45) is 8.45. The number of nitrogens with zero attached hydrogens (tertiary/aromatic N) is 1. The molecule has 106 valence electrons. The van der Waals surface area contributed by atoms with Gasteiger partial charge in [-0.2, -0.15) is 0 Å². The van der Waals surface area contributed by atoms with Crippen LogP contribution < -0.4 is 5.32 Å². The van der Waals surface area contributed by atoms with Crippen LogP contribution in [0.4, 0.5) is 0 Å². The molecule has 0 radical (unpaired) electrons. The van der Waals surface area contributed by atoms with Crippen molar-refractivity contribution in [3.8, 4) is 0 Å². The molecule has 2 fully saturated rings. The third kappa shape index (κ3) is 4.24. The summed E-state index contributed by atoms with van der Waals surface area (Å²) in [7, 11) is 0. The number of nitrogens with one attached hydrogen (secondary N) is 1. The monoisotopic (exact) mass is 252 g/mol. The van der Waals surface area contributed by atoms with Crippen molar-refractivity contribution in [3.63, 3.8) is 0 Å². The molecule has 0 aromatic heterocycles. The Hall–Kier alpha value is -0.0800. The molecule has 1 aliphatic heterocycles. The third-order valence-corrected chi connectivity index (χ3v) is 4.89. The first kappa shape index (κ1) is 14.3. The van der Waals surface area contributed by atoms with Gasteiger partial charge in [-0.3, -0.25) is 4.90 Å². The first-order valence-corrected chi connectivity index (χ1v) is 8.12. The van der Waals surface area contributed by atoms with Crippen LogP contribution in [0.3, 0.4) is 0 Å². The molecule has 3 unspecified atom stereocenters. The Kier molecular flexibility index (Phi) is 5.50. The highest BCUT2D eigenvalue weighted by molar-refractivity contribution is 4.82. The van der Waals surface area contributed by atoms with Crippen molar-refractivity contribution in [2.45, 2.75) is 71.4 Å². The third-order valence-electron chi connectivity index (χ3n) is 4.89. The van der Waals surface area contributed by atoms with E-state index < -0.39 is 0 Å². The number of hydrogen-bond acceptors (Lipinski definition) is 2. The van der Waals surface area contributed by atoms with Gasteiger partial charge >= 0.3 is 0 Å². The number of hydrogen-bond donors (Lipinski definition) is 1. The van der Waals surface area contributed by atoms with E-state index in [4.69, 9.17) is 0 Å². The summed E-state index contributed by atoms with van der Waals surface area (Å²) in [5.74, 6) is 1.83. The molecular formula is C16H32N2. The Balaban J connectivity index is 1.69. The topological polar surface area (TPSA) is 15.3 Å². The predicted octanol–water partition coefficient (Wildman–Crippen LogP) is 3.28. The summed E-state index contributed by atoms with van der Waals surface area (Å²) in [6.45, 7) is 11.1. The van der Waals surface area contributed by atoms with Gasteiger partial charge in [0.25, 0.3) is 0 Å². The lowest BCUT2D eigenvalue weighted by Gasteiger charge is -2.36. The fraction of sp³-hybridized carbons (Fsp3) is 1.00. The lowest BCUT2D eigenvalue weighted by molar-refractivity contribution is 0.158. The molecule has 1 heterocycles. The van der Waals surface area contributed by atoms with E-state index in [-0.39, 0.29) is 0 Å². The highest BCUT2D eigenvalue weighted by atomic mass is 15.2. The second-order valence-electron chi connectivity index (χ2n) is 6.97. The molecule has 0 amide bonds. The van der Waals surface area contributed by atoms with Gasteiger partial charge in [0.1, 0.15) is 0 Å². The zero-order valence-electron chi connectivity index (χ0n) is 12.6. The van der Waals surface area contributed by atoms with Gasteiger partial charge in [-0.05, 0) is 64.0 Å². The first-order chi connectivity index (χ1) is 8.65. The van der Waals surface area contributed by atoms with E-state index in [1.807, 2.05) is 0 Å². The maximum atomic E-state index is 3.84. The number of likely N-dealkylation sites (tertiary alicyclic amines) is 1. The molecule has 2 nitrogen and oxygen atoms in total. The minimum Gasteiger partial charge on any atom is -0.312 e. The molecule has 18 heavy (non-hydrogen) atoms. The highest BCUT2D eigenvalue weighted by Gasteiger charge is 2.24. The van der Waals surface area contributed by atoms with E-state index >= 15 is 0 Å². The maximum Gasteiger partial charge on any atom is 0.0192 e. The van der Waals surface area contributed by atoms with Crippen molar-refractivity contribution in [2.75, 3.05) is 19.6 Å². The van der Waals surface area contributed by atoms with E-state index in [0.29, 0.717) is 0 Å². The predicted molar refractivity (Wildman–Crippen MR) is 78.9 cm³/mol. The second kappa shape index (κ2) is 6.91. The summed E-state index contributed by atoms with van der Waals surface area (Å²) in [5.41, 5.74) is 0. The molecule has 1 saturated heterocycles. The van der Waals surface area contributed by atoms with Crippen molar-refractivity contribution >= 4 is 0 Å². The highest BCUT2D eigenvalue weighted by Crippen LogP contribution is 2.28. The Labute approximate surface area is 114 Å². The molecule has 3 atom stereocenters. The minimum atomic E-state index is 0.720. The average molecular weight is 252 g/mol. The molecule has 0 bridgehead atoms. The van der Waals surface area contributed by atoms with Crippen molar-refractivity contribution < 1.29 is 0 Å². The molecule has 0 aromatic carbocycles. The number of rotatable bonds is 4. The molecule has 2 aliphatic rings. The zero-order valence-corrected chi connectivity index (χ0v) is 12.6. The van der Waals surface area contributed by atoms with Crippen LogP contribution in [0, 0.1) is 11.8 Å². The molecule has 2 rings (SSSR count). The Morgan fingerprint density at radius 1 is 1.00 bits per heavy atom. The molecule has 2 heteroatoms. The van der Waals surface area contributed by atoms with Crippen molar-refractivity contribution in [1.82, 2.24) is 10.2 Å². The van der Waals surface area contributed by atoms with Crippen molar-refractivity contribution in [2.24, 2.45) is 11.8 Å². The van der Waals surface area contributed by atoms with Gasteiger partial charge in [-0.15, -0.1) is 0 Å². The largest absolute Gasteiger partial charge is 0.312 e. The molecule has 0 spiro atoms. The van der Waals surface area contributed by atoms with Gasteiger partial charge in [0, 0.05) is 18.6 Å². The van der Waals surface area contributed by atoms with Gasteiger partial charge in [0.15, 0.2) is 0 Å². The van der Waals surface area contributed by atoms with E-state index in [0.717, 1.165) is 23.9 Å². The van der Waals surface area contributed by atoms with Crippen LogP contribution in [-0.2, 0) is 0 Å². The molecule has 1 saturated carbocycles. The quantitative estimate of drug-likeness (QED) is 0.826. The van der Waals surface area contributed by atoms with Crippen LogP contribution in [0.5, 0.6) is 0 Å². The van der Waals surface area contributed by atoms with Crippen molar-refractivity contribution in [3.05, 3.63) is 0 Å². The normalized spacial score (nSPS) is 36.5. The summed E-state index contributed by atoms with van der Waals surface area (Å²) in [4.78, 5) is 2.67. The van der Waals surface area contributed by atoms with E-state index in [9.17, 15) is 0 Å². The summed E-state index contributed by atoms with van der Waals surface area (Å²) >= 11 is 0. The van der Waals surface area contributed by atoms with Crippen LogP contribution in [0.15, 0.2) is 0 Å². The fourth-order valence-electron chi connectivity index (χ4n) is 3.94. The van der Waals surface area contributed by atoms with Crippen molar-refractivity contribution in [1.29, 1.82) is 0 Å². The molecule has 0 aromatic rings. The Bertz CT molecular complexity index is 225. The standard InChI is InChI=1S/C16H32N2/c1-13-9-14(2)11-16(10-13)17-12-15(3)18-7-5-4-6-8-18/h13-17H,4-12H2,1-3H3. The Morgan fingerprint density at radius 2 is 1.61 bits per heavy atom. The van der Waals surface area contributed by atoms with Crippen LogP contribution in [0.25, 0.3) is 0 Å². The van der Waals surface area contributed by atoms with Crippen LogP contribution in [-0.4, -0.2) is 36.6 Å².